The van der Waals surface area contributed by atoms with Gasteiger partial charge in [-0.05, 0) is 24.5 Å². The fourth-order valence-corrected chi connectivity index (χ4v) is 3.89. The molecule has 1 fully saturated rings. The minimum Gasteiger partial charge on any atom is -0.493 e. The predicted octanol–water partition coefficient (Wildman–Crippen LogP) is 1.63. The van der Waals surface area contributed by atoms with Crippen LogP contribution in [0.15, 0.2) is 30.3 Å². The van der Waals surface area contributed by atoms with Gasteiger partial charge in [0.2, 0.25) is 15.9 Å². The normalized spacial score (nSPS) is 21.0. The van der Waals surface area contributed by atoms with Crippen LogP contribution in [-0.2, 0) is 14.8 Å². The molecule has 7 heteroatoms. The summed E-state index contributed by atoms with van der Waals surface area (Å²) >= 11 is 0. The van der Waals surface area contributed by atoms with E-state index in [9.17, 15) is 13.2 Å². The first kappa shape index (κ1) is 18.7. The molecule has 0 spiro atoms. The maximum absolute atomic E-state index is 12.4. The third kappa shape index (κ3) is 5.79. The average Bonchev–Trinajstić information content (AvgIpc) is 2.90. The smallest absolute Gasteiger partial charge is 0.226 e. The number of hydrogen-bond acceptors (Lipinski definition) is 4. The van der Waals surface area contributed by atoms with Crippen LogP contribution in [0.2, 0.25) is 0 Å². The highest BCUT2D eigenvalue weighted by atomic mass is 32.2. The summed E-state index contributed by atoms with van der Waals surface area (Å²) in [4.78, 5) is 14.1. The predicted molar refractivity (Wildman–Crippen MR) is 93.3 cm³/mol. The van der Waals surface area contributed by atoms with Crippen molar-refractivity contribution in [3.63, 3.8) is 0 Å². The van der Waals surface area contributed by atoms with E-state index in [1.54, 1.807) is 4.90 Å². The maximum atomic E-state index is 12.4. The molecule has 1 amide bonds. The molecule has 0 aliphatic carbocycles. The minimum absolute atomic E-state index is 0.00448. The largest absolute Gasteiger partial charge is 0.493 e. The van der Waals surface area contributed by atoms with Gasteiger partial charge in [-0.2, -0.15) is 0 Å². The van der Waals surface area contributed by atoms with Crippen LogP contribution in [0.25, 0.3) is 0 Å². The monoisotopic (exact) mass is 354 g/mol. The fraction of sp³-hybridized carbons (Fsp3) is 0.588. The van der Waals surface area contributed by atoms with Crippen LogP contribution >= 0.6 is 0 Å². The lowest BCUT2D eigenvalue weighted by atomic mass is 9.99. The van der Waals surface area contributed by atoms with Gasteiger partial charge in [0.15, 0.2) is 0 Å². The number of carbonyl (C=O) groups is 1. The van der Waals surface area contributed by atoms with E-state index in [-0.39, 0.29) is 17.9 Å². The average molecular weight is 354 g/mol. The van der Waals surface area contributed by atoms with Gasteiger partial charge in [-0.3, -0.25) is 4.79 Å². The molecule has 1 aliphatic rings. The van der Waals surface area contributed by atoms with Gasteiger partial charge in [0.1, 0.15) is 5.75 Å². The molecule has 24 heavy (non-hydrogen) atoms. The van der Waals surface area contributed by atoms with Crippen molar-refractivity contribution >= 4 is 15.9 Å². The van der Waals surface area contributed by atoms with E-state index >= 15 is 0 Å². The van der Waals surface area contributed by atoms with Crippen molar-refractivity contribution in [2.45, 2.75) is 32.2 Å². The Morgan fingerprint density at radius 3 is 2.62 bits per heavy atom. The summed E-state index contributed by atoms with van der Waals surface area (Å²) in [6.45, 7) is 3.42. The number of likely N-dealkylation sites (tertiary alicyclic amines) is 1. The number of amides is 1. The van der Waals surface area contributed by atoms with Crippen LogP contribution in [0.5, 0.6) is 5.75 Å². The third-order valence-corrected chi connectivity index (χ3v) is 4.88. The molecular weight excluding hydrogens is 328 g/mol. The second kappa shape index (κ2) is 8.48. The quantitative estimate of drug-likeness (QED) is 0.770. The molecule has 1 saturated heterocycles. The van der Waals surface area contributed by atoms with Crippen molar-refractivity contribution in [2.75, 3.05) is 26.0 Å². The summed E-state index contributed by atoms with van der Waals surface area (Å²) in [5.41, 5.74) is 0. The van der Waals surface area contributed by atoms with Crippen molar-refractivity contribution in [2.24, 2.45) is 5.92 Å². The molecule has 0 radical (unpaired) electrons. The highest BCUT2D eigenvalue weighted by molar-refractivity contribution is 7.88. The first-order valence-electron chi connectivity index (χ1n) is 8.32. The van der Waals surface area contributed by atoms with Crippen molar-refractivity contribution in [1.82, 2.24) is 9.62 Å². The molecule has 0 aromatic heterocycles. The van der Waals surface area contributed by atoms with Gasteiger partial charge in [-0.25, -0.2) is 13.1 Å². The van der Waals surface area contributed by atoms with Crippen LogP contribution in [-0.4, -0.2) is 51.2 Å². The molecule has 6 nitrogen and oxygen atoms in total. The number of benzene rings is 1. The van der Waals surface area contributed by atoms with E-state index in [1.165, 1.54) is 0 Å². The lowest BCUT2D eigenvalue weighted by Gasteiger charge is -2.17. The van der Waals surface area contributed by atoms with E-state index < -0.39 is 10.0 Å². The molecule has 1 N–H and O–H groups in total. The fourth-order valence-electron chi connectivity index (χ4n) is 3.08. The Balaban J connectivity index is 1.85. The number of sulfonamides is 1. The summed E-state index contributed by atoms with van der Waals surface area (Å²) in [6, 6.07) is 9.18. The van der Waals surface area contributed by atoms with Crippen molar-refractivity contribution < 1.29 is 17.9 Å². The summed E-state index contributed by atoms with van der Waals surface area (Å²) < 4.78 is 31.2. The van der Waals surface area contributed by atoms with Gasteiger partial charge in [0, 0.05) is 19.1 Å². The van der Waals surface area contributed by atoms with E-state index in [0.29, 0.717) is 26.1 Å². The van der Waals surface area contributed by atoms with Crippen molar-refractivity contribution in [3.8, 4) is 5.75 Å². The Morgan fingerprint density at radius 2 is 2.00 bits per heavy atom. The summed E-state index contributed by atoms with van der Waals surface area (Å²) in [5, 5.41) is 0. The second-order valence-electron chi connectivity index (χ2n) is 6.26. The number of carbonyl (C=O) groups excluding carboxylic acids is 1. The number of ether oxygens (including phenoxy) is 1. The molecule has 134 valence electrons. The van der Waals surface area contributed by atoms with Gasteiger partial charge in [-0.1, -0.05) is 31.5 Å². The minimum atomic E-state index is -3.27. The van der Waals surface area contributed by atoms with Crippen LogP contribution in [0.1, 0.15) is 26.2 Å². The summed E-state index contributed by atoms with van der Waals surface area (Å²) in [6.07, 6.45) is 3.32. The van der Waals surface area contributed by atoms with Gasteiger partial charge in [0.05, 0.1) is 19.3 Å². The summed E-state index contributed by atoms with van der Waals surface area (Å²) in [7, 11) is -3.27. The van der Waals surface area contributed by atoms with Crippen LogP contribution in [0.3, 0.4) is 0 Å². The Kier molecular flexibility index (Phi) is 6.62. The molecule has 1 heterocycles. The van der Waals surface area contributed by atoms with Gasteiger partial charge in [0.25, 0.3) is 0 Å². The van der Waals surface area contributed by atoms with Crippen molar-refractivity contribution in [3.05, 3.63) is 30.3 Å². The van der Waals surface area contributed by atoms with Crippen molar-refractivity contribution in [1.29, 1.82) is 0 Å². The van der Waals surface area contributed by atoms with Gasteiger partial charge in [-0.15, -0.1) is 0 Å². The zero-order valence-electron chi connectivity index (χ0n) is 14.3. The first-order valence-corrected chi connectivity index (χ1v) is 10.2. The molecular formula is C17H26N2O4S. The maximum Gasteiger partial charge on any atom is 0.226 e. The highest BCUT2D eigenvalue weighted by Gasteiger charge is 2.35. The van der Waals surface area contributed by atoms with Gasteiger partial charge >= 0.3 is 0 Å². The van der Waals surface area contributed by atoms with E-state index in [1.807, 2.05) is 30.3 Å². The Morgan fingerprint density at radius 1 is 1.29 bits per heavy atom. The van der Waals surface area contributed by atoms with E-state index in [4.69, 9.17) is 4.74 Å². The zero-order valence-corrected chi connectivity index (χ0v) is 15.1. The number of hydrogen-bond donors (Lipinski definition) is 1. The molecule has 0 unspecified atom stereocenters. The topological polar surface area (TPSA) is 75.7 Å². The van der Waals surface area contributed by atoms with Crippen LogP contribution < -0.4 is 9.46 Å². The Hall–Kier alpha value is -1.60. The highest BCUT2D eigenvalue weighted by Crippen LogP contribution is 2.23. The molecule has 0 bridgehead atoms. The van der Waals surface area contributed by atoms with E-state index in [0.717, 1.165) is 24.8 Å². The molecule has 2 rings (SSSR count). The molecule has 1 aromatic carbocycles. The summed E-state index contributed by atoms with van der Waals surface area (Å²) in [5.74, 6) is 0.917. The SMILES string of the molecule is CCC[C@H]1CN(C(=O)CCOc2ccccc2)C[C@@H]1NS(C)(=O)=O. The molecule has 2 atom stereocenters. The second-order valence-corrected chi connectivity index (χ2v) is 8.04. The molecule has 1 aliphatic heterocycles. The molecule has 0 saturated carbocycles. The van der Waals surface area contributed by atoms with E-state index in [2.05, 4.69) is 11.6 Å². The van der Waals surface area contributed by atoms with Crippen LogP contribution in [0, 0.1) is 5.92 Å². The molecule has 1 aromatic rings. The number of para-hydroxylation sites is 1. The lowest BCUT2D eigenvalue weighted by Crippen LogP contribution is -2.40. The number of nitrogens with zero attached hydrogens (tertiary/aromatic N) is 1. The standard InChI is InChI=1S/C17H26N2O4S/c1-3-7-14-12-19(13-16(14)18-24(2,21)22)17(20)10-11-23-15-8-5-4-6-9-15/h4-6,8-9,14,16,18H,3,7,10-13H2,1-2H3/t14-,16-/m0/s1. The zero-order chi connectivity index (χ0) is 17.6. The Labute approximate surface area is 144 Å². The lowest BCUT2D eigenvalue weighted by molar-refractivity contribution is -0.130. The first-order chi connectivity index (χ1) is 11.4. The third-order valence-electron chi connectivity index (χ3n) is 4.15. The Bertz CT molecular complexity index is 633. The number of nitrogens with one attached hydrogen (secondary N) is 1. The van der Waals surface area contributed by atoms with Crippen LogP contribution in [0.4, 0.5) is 0 Å². The van der Waals surface area contributed by atoms with Gasteiger partial charge < -0.3 is 9.64 Å². The number of rotatable bonds is 8.